The SMILES string of the molecule is C=CC1CCS(C)(NC)C1CCC. The lowest BCUT2D eigenvalue weighted by Gasteiger charge is -2.39. The van der Waals surface area contributed by atoms with Gasteiger partial charge in [-0.15, -0.1) is 6.58 Å². The minimum Gasteiger partial charge on any atom is -0.284 e. The summed E-state index contributed by atoms with van der Waals surface area (Å²) in [7, 11) is 1.60. The molecule has 0 radical (unpaired) electrons. The molecule has 1 rings (SSSR count). The van der Waals surface area contributed by atoms with E-state index in [4.69, 9.17) is 0 Å². The fourth-order valence-electron chi connectivity index (χ4n) is 2.39. The van der Waals surface area contributed by atoms with E-state index < -0.39 is 10.2 Å². The molecule has 1 aliphatic rings. The van der Waals surface area contributed by atoms with Crippen molar-refractivity contribution in [2.75, 3.05) is 19.1 Å². The molecule has 0 amide bonds. The van der Waals surface area contributed by atoms with E-state index in [1.807, 2.05) is 0 Å². The Bertz CT molecular complexity index is 181. The molecule has 1 heterocycles. The Labute approximate surface area is 84.4 Å². The van der Waals surface area contributed by atoms with Crippen molar-refractivity contribution in [3.05, 3.63) is 12.7 Å². The highest BCUT2D eigenvalue weighted by Crippen LogP contribution is 2.56. The maximum absolute atomic E-state index is 3.96. The van der Waals surface area contributed by atoms with Crippen molar-refractivity contribution in [2.45, 2.75) is 31.4 Å². The zero-order chi connectivity index (χ0) is 9.90. The van der Waals surface area contributed by atoms with Crippen molar-refractivity contribution in [3.8, 4) is 0 Å². The van der Waals surface area contributed by atoms with Gasteiger partial charge in [-0.3, -0.25) is 4.72 Å². The largest absolute Gasteiger partial charge is 0.284 e. The molecule has 0 aromatic heterocycles. The first-order valence-electron chi connectivity index (χ1n) is 5.24. The summed E-state index contributed by atoms with van der Waals surface area (Å²) in [5, 5.41) is 0.875. The van der Waals surface area contributed by atoms with Gasteiger partial charge in [-0.2, -0.15) is 10.2 Å². The first kappa shape index (κ1) is 11.1. The first-order valence-corrected chi connectivity index (χ1v) is 7.51. The molecule has 1 aliphatic heterocycles. The Morgan fingerprint density at radius 3 is 2.77 bits per heavy atom. The van der Waals surface area contributed by atoms with E-state index in [0.29, 0.717) is 0 Å². The first-order chi connectivity index (χ1) is 6.18. The van der Waals surface area contributed by atoms with Crippen LogP contribution in [-0.2, 0) is 0 Å². The number of hydrogen-bond donors (Lipinski definition) is 1. The third kappa shape index (κ3) is 2.10. The fourth-order valence-corrected chi connectivity index (χ4v) is 5.73. The minimum atomic E-state index is -0.527. The third-order valence-electron chi connectivity index (χ3n) is 3.36. The molecule has 3 atom stereocenters. The normalized spacial score (nSPS) is 44.2. The quantitative estimate of drug-likeness (QED) is 0.690. The molecule has 0 aromatic rings. The highest BCUT2D eigenvalue weighted by atomic mass is 32.3. The Morgan fingerprint density at radius 1 is 1.62 bits per heavy atom. The second-order valence-corrected chi connectivity index (χ2v) is 7.82. The Balaban J connectivity index is 2.71. The maximum Gasteiger partial charge on any atom is 0.00650 e. The Morgan fingerprint density at radius 2 is 2.31 bits per heavy atom. The van der Waals surface area contributed by atoms with Crippen LogP contribution in [0.2, 0.25) is 0 Å². The third-order valence-corrected chi connectivity index (χ3v) is 7.30. The van der Waals surface area contributed by atoms with Gasteiger partial charge in [0, 0.05) is 5.25 Å². The van der Waals surface area contributed by atoms with Crippen LogP contribution in [0.4, 0.5) is 0 Å². The predicted octanol–water partition coefficient (Wildman–Crippen LogP) is 2.93. The van der Waals surface area contributed by atoms with Crippen molar-refractivity contribution in [2.24, 2.45) is 5.92 Å². The highest BCUT2D eigenvalue weighted by Gasteiger charge is 2.38. The van der Waals surface area contributed by atoms with Crippen LogP contribution in [0.15, 0.2) is 12.7 Å². The maximum atomic E-state index is 3.96. The van der Waals surface area contributed by atoms with Crippen LogP contribution >= 0.6 is 10.2 Å². The second kappa shape index (κ2) is 4.52. The summed E-state index contributed by atoms with van der Waals surface area (Å²) in [5.74, 6) is 2.15. The van der Waals surface area contributed by atoms with E-state index in [1.54, 1.807) is 0 Å². The average molecular weight is 201 g/mol. The Hall–Kier alpha value is 0.0500. The molecule has 1 N–H and O–H groups in total. The van der Waals surface area contributed by atoms with E-state index in [2.05, 4.69) is 37.6 Å². The molecular weight excluding hydrogens is 178 g/mol. The average Bonchev–Trinajstić information content (AvgIpc) is 2.46. The number of allylic oxidation sites excluding steroid dienone is 1. The van der Waals surface area contributed by atoms with Crippen molar-refractivity contribution in [1.29, 1.82) is 0 Å². The molecule has 0 aromatic carbocycles. The van der Waals surface area contributed by atoms with Gasteiger partial charge in [0.25, 0.3) is 0 Å². The molecule has 0 bridgehead atoms. The molecule has 13 heavy (non-hydrogen) atoms. The molecule has 1 nitrogen and oxygen atoms in total. The summed E-state index contributed by atoms with van der Waals surface area (Å²) in [6.45, 7) is 6.25. The van der Waals surface area contributed by atoms with Gasteiger partial charge in [-0.25, -0.2) is 0 Å². The van der Waals surface area contributed by atoms with Gasteiger partial charge in [-0.1, -0.05) is 19.4 Å². The highest BCUT2D eigenvalue weighted by molar-refractivity contribution is 8.32. The van der Waals surface area contributed by atoms with E-state index in [1.165, 1.54) is 25.0 Å². The van der Waals surface area contributed by atoms with Gasteiger partial charge < -0.3 is 0 Å². The summed E-state index contributed by atoms with van der Waals surface area (Å²) < 4.78 is 3.58. The molecule has 0 saturated carbocycles. The number of nitrogens with one attached hydrogen (secondary N) is 1. The molecule has 78 valence electrons. The zero-order valence-electron chi connectivity index (χ0n) is 9.18. The van der Waals surface area contributed by atoms with Crippen LogP contribution in [0.3, 0.4) is 0 Å². The molecule has 1 fully saturated rings. The second-order valence-electron chi connectivity index (χ2n) is 4.08. The van der Waals surface area contributed by atoms with Crippen molar-refractivity contribution < 1.29 is 0 Å². The zero-order valence-corrected chi connectivity index (χ0v) is 9.99. The molecule has 3 unspecified atom stereocenters. The summed E-state index contributed by atoms with van der Waals surface area (Å²) in [6.07, 6.45) is 8.64. The smallest absolute Gasteiger partial charge is 0.00650 e. The number of rotatable bonds is 4. The standard InChI is InChI=1S/C11H23NS/c1-5-7-11-10(6-2)8-9-13(11,4)12-3/h6,10-12H,2,5,7-9H2,1,3-4H3. The van der Waals surface area contributed by atoms with Crippen LogP contribution in [-0.4, -0.2) is 24.3 Å². The summed E-state index contributed by atoms with van der Waals surface area (Å²) in [4.78, 5) is 0. The van der Waals surface area contributed by atoms with Crippen LogP contribution in [0, 0.1) is 5.92 Å². The van der Waals surface area contributed by atoms with Crippen LogP contribution in [0.25, 0.3) is 0 Å². The van der Waals surface area contributed by atoms with Crippen molar-refractivity contribution in [1.82, 2.24) is 4.72 Å². The van der Waals surface area contributed by atoms with E-state index in [-0.39, 0.29) is 0 Å². The lowest BCUT2D eigenvalue weighted by molar-refractivity contribution is 0.583. The van der Waals surface area contributed by atoms with Gasteiger partial charge in [0.15, 0.2) is 0 Å². The van der Waals surface area contributed by atoms with E-state index in [9.17, 15) is 0 Å². The van der Waals surface area contributed by atoms with Gasteiger partial charge >= 0.3 is 0 Å². The molecule has 0 aliphatic carbocycles. The van der Waals surface area contributed by atoms with Crippen LogP contribution in [0.1, 0.15) is 26.2 Å². The summed E-state index contributed by atoms with van der Waals surface area (Å²) in [5.41, 5.74) is 0. The molecule has 2 heteroatoms. The topological polar surface area (TPSA) is 12.0 Å². The van der Waals surface area contributed by atoms with Crippen molar-refractivity contribution >= 4 is 10.2 Å². The Kier molecular flexibility index (Phi) is 3.87. The molecule has 1 saturated heterocycles. The monoisotopic (exact) mass is 201 g/mol. The number of hydrogen-bond acceptors (Lipinski definition) is 1. The van der Waals surface area contributed by atoms with Gasteiger partial charge in [0.05, 0.1) is 0 Å². The van der Waals surface area contributed by atoms with Crippen LogP contribution < -0.4 is 4.72 Å². The fraction of sp³-hybridized carbons (Fsp3) is 0.818. The van der Waals surface area contributed by atoms with Gasteiger partial charge in [0.2, 0.25) is 0 Å². The van der Waals surface area contributed by atoms with Crippen LogP contribution in [0.5, 0.6) is 0 Å². The van der Waals surface area contributed by atoms with E-state index >= 15 is 0 Å². The summed E-state index contributed by atoms with van der Waals surface area (Å²) >= 11 is 0. The van der Waals surface area contributed by atoms with Gasteiger partial charge in [-0.05, 0) is 37.8 Å². The van der Waals surface area contributed by atoms with Crippen molar-refractivity contribution in [3.63, 3.8) is 0 Å². The van der Waals surface area contributed by atoms with E-state index in [0.717, 1.165) is 11.2 Å². The predicted molar refractivity (Wildman–Crippen MR) is 64.4 cm³/mol. The minimum absolute atomic E-state index is 0.527. The molecular formula is C11H23NS. The van der Waals surface area contributed by atoms with Gasteiger partial charge in [0.1, 0.15) is 0 Å². The molecule has 0 spiro atoms. The lowest BCUT2D eigenvalue weighted by atomic mass is 10.00. The summed E-state index contributed by atoms with van der Waals surface area (Å²) in [6, 6.07) is 0. The lowest BCUT2D eigenvalue weighted by Crippen LogP contribution is -2.27.